The van der Waals surface area contributed by atoms with Crippen LogP contribution >= 0.6 is 0 Å². The molecule has 33 heavy (non-hydrogen) atoms. The number of pyridine rings is 1. The van der Waals surface area contributed by atoms with E-state index in [4.69, 9.17) is 0 Å². The van der Waals surface area contributed by atoms with Crippen LogP contribution in [0.2, 0.25) is 0 Å². The highest BCUT2D eigenvalue weighted by Crippen LogP contribution is 2.23. The smallest absolute Gasteiger partial charge is 0.253 e. The second-order valence-corrected chi connectivity index (χ2v) is 9.51. The van der Waals surface area contributed by atoms with Crippen LogP contribution in [-0.4, -0.2) is 37.5 Å². The Kier molecular flexibility index (Phi) is 7.44. The molecule has 172 valence electrons. The molecule has 1 aromatic heterocycles. The van der Waals surface area contributed by atoms with Crippen molar-refractivity contribution in [2.75, 3.05) is 15.9 Å². The fourth-order valence-corrected chi connectivity index (χ4v) is 4.48. The number of hydrogen-bond acceptors (Lipinski definition) is 5. The summed E-state index contributed by atoms with van der Waals surface area (Å²) < 4.78 is 26.0. The molecule has 0 aliphatic rings. The minimum absolute atomic E-state index is 0.267. The van der Waals surface area contributed by atoms with E-state index in [1.165, 1.54) is 6.92 Å². The quantitative estimate of drug-likeness (QED) is 0.530. The van der Waals surface area contributed by atoms with E-state index in [0.717, 1.165) is 21.7 Å². The highest BCUT2D eigenvalue weighted by Gasteiger charge is 2.29. The molecule has 1 atom stereocenters. The number of aromatic nitrogens is 1. The standard InChI is InChI=1S/C24H26N4O4S/c1-17-10-12-20(13-11-17)28(33(3,31)32)18(2)23(29)27-22-9-5-4-8-21(22)24(30)26-16-19-7-6-14-25-15-19/h4-15,18H,16H2,1-3H3,(H,26,30)(H,27,29)/t18-/m1/s1. The summed E-state index contributed by atoms with van der Waals surface area (Å²) in [5, 5.41) is 5.50. The van der Waals surface area contributed by atoms with Crippen LogP contribution in [0.4, 0.5) is 11.4 Å². The number of para-hydroxylation sites is 1. The summed E-state index contributed by atoms with van der Waals surface area (Å²) in [5.74, 6) is -0.936. The normalized spacial score (nSPS) is 12.0. The summed E-state index contributed by atoms with van der Waals surface area (Å²) in [6.07, 6.45) is 4.35. The third-order valence-corrected chi connectivity index (χ3v) is 6.22. The van der Waals surface area contributed by atoms with E-state index >= 15 is 0 Å². The van der Waals surface area contributed by atoms with Crippen LogP contribution in [0.3, 0.4) is 0 Å². The van der Waals surface area contributed by atoms with Gasteiger partial charge in [0.05, 0.1) is 23.2 Å². The van der Waals surface area contributed by atoms with E-state index in [-0.39, 0.29) is 23.7 Å². The highest BCUT2D eigenvalue weighted by molar-refractivity contribution is 7.92. The maximum absolute atomic E-state index is 13.0. The lowest BCUT2D eigenvalue weighted by Crippen LogP contribution is -2.45. The average molecular weight is 467 g/mol. The maximum Gasteiger partial charge on any atom is 0.253 e. The lowest BCUT2D eigenvalue weighted by atomic mass is 10.1. The first-order valence-electron chi connectivity index (χ1n) is 10.3. The van der Waals surface area contributed by atoms with Gasteiger partial charge in [-0.3, -0.25) is 18.9 Å². The number of nitrogens with zero attached hydrogens (tertiary/aromatic N) is 2. The Labute approximate surface area is 193 Å². The summed E-state index contributed by atoms with van der Waals surface area (Å²) in [6, 6.07) is 16.0. The van der Waals surface area contributed by atoms with Gasteiger partial charge in [0.1, 0.15) is 6.04 Å². The maximum atomic E-state index is 13.0. The van der Waals surface area contributed by atoms with E-state index in [1.54, 1.807) is 67.0 Å². The minimum Gasteiger partial charge on any atom is -0.348 e. The summed E-state index contributed by atoms with van der Waals surface area (Å²) in [6.45, 7) is 3.67. The first-order chi connectivity index (χ1) is 15.7. The Morgan fingerprint density at radius 2 is 1.73 bits per heavy atom. The summed E-state index contributed by atoms with van der Waals surface area (Å²) in [4.78, 5) is 29.8. The molecule has 0 fully saturated rings. The number of rotatable bonds is 8. The third-order valence-electron chi connectivity index (χ3n) is 4.98. The molecule has 0 bridgehead atoms. The second kappa shape index (κ2) is 10.3. The van der Waals surface area contributed by atoms with Gasteiger partial charge in [-0.15, -0.1) is 0 Å². The molecule has 2 amide bonds. The number of benzene rings is 2. The van der Waals surface area contributed by atoms with Crippen LogP contribution in [0.15, 0.2) is 73.1 Å². The van der Waals surface area contributed by atoms with Crippen molar-refractivity contribution in [3.63, 3.8) is 0 Å². The van der Waals surface area contributed by atoms with Gasteiger partial charge in [0, 0.05) is 18.9 Å². The largest absolute Gasteiger partial charge is 0.348 e. The summed E-state index contributed by atoms with van der Waals surface area (Å²) in [7, 11) is -3.75. The van der Waals surface area contributed by atoms with Crippen LogP contribution in [0, 0.1) is 6.92 Å². The molecule has 0 saturated heterocycles. The molecule has 2 aromatic carbocycles. The number of aryl methyl sites for hydroxylation is 1. The van der Waals surface area contributed by atoms with Crippen molar-refractivity contribution in [2.45, 2.75) is 26.4 Å². The predicted octanol–water partition coefficient (Wildman–Crippen LogP) is 3.11. The molecular formula is C24H26N4O4S. The van der Waals surface area contributed by atoms with Gasteiger partial charge in [0.2, 0.25) is 15.9 Å². The lowest BCUT2D eigenvalue weighted by molar-refractivity contribution is -0.116. The molecule has 1 heterocycles. The summed E-state index contributed by atoms with van der Waals surface area (Å²) in [5.41, 5.74) is 2.74. The molecule has 3 rings (SSSR count). The number of carbonyl (C=O) groups is 2. The molecule has 2 N–H and O–H groups in total. The average Bonchev–Trinajstić information content (AvgIpc) is 2.79. The number of anilines is 2. The van der Waals surface area contributed by atoms with Crippen molar-refractivity contribution in [2.24, 2.45) is 0 Å². The lowest BCUT2D eigenvalue weighted by Gasteiger charge is -2.28. The first kappa shape index (κ1) is 23.9. The van der Waals surface area contributed by atoms with Crippen molar-refractivity contribution >= 4 is 33.2 Å². The van der Waals surface area contributed by atoms with Gasteiger partial charge in [0.15, 0.2) is 0 Å². The van der Waals surface area contributed by atoms with Crippen LogP contribution in [-0.2, 0) is 21.4 Å². The van der Waals surface area contributed by atoms with Crippen LogP contribution in [0.1, 0.15) is 28.4 Å². The van der Waals surface area contributed by atoms with Gasteiger partial charge < -0.3 is 10.6 Å². The SMILES string of the molecule is Cc1ccc(N([C@H](C)C(=O)Nc2ccccc2C(=O)NCc2cccnc2)S(C)(=O)=O)cc1. The number of hydrogen-bond donors (Lipinski definition) is 2. The molecule has 0 aliphatic carbocycles. The number of sulfonamides is 1. The summed E-state index contributed by atoms with van der Waals surface area (Å²) >= 11 is 0. The van der Waals surface area contributed by atoms with Crippen molar-refractivity contribution in [3.8, 4) is 0 Å². The monoisotopic (exact) mass is 466 g/mol. The molecular weight excluding hydrogens is 440 g/mol. The molecule has 9 heteroatoms. The van der Waals surface area contributed by atoms with Crippen molar-refractivity contribution in [1.29, 1.82) is 0 Å². The Morgan fingerprint density at radius 1 is 1.03 bits per heavy atom. The van der Waals surface area contributed by atoms with Crippen LogP contribution < -0.4 is 14.9 Å². The second-order valence-electron chi connectivity index (χ2n) is 7.65. The van der Waals surface area contributed by atoms with Crippen molar-refractivity contribution < 1.29 is 18.0 Å². The zero-order valence-electron chi connectivity index (χ0n) is 18.6. The molecule has 3 aromatic rings. The van der Waals surface area contributed by atoms with Gasteiger partial charge in [-0.05, 0) is 49.7 Å². The van der Waals surface area contributed by atoms with Crippen LogP contribution in [0.25, 0.3) is 0 Å². The molecule has 8 nitrogen and oxygen atoms in total. The van der Waals surface area contributed by atoms with E-state index in [2.05, 4.69) is 15.6 Å². The fourth-order valence-electron chi connectivity index (χ4n) is 3.31. The van der Waals surface area contributed by atoms with Gasteiger partial charge in [0.25, 0.3) is 5.91 Å². The Bertz CT molecular complexity index is 1230. The number of carbonyl (C=O) groups excluding carboxylic acids is 2. The van der Waals surface area contributed by atoms with E-state index < -0.39 is 22.0 Å². The fraction of sp³-hybridized carbons (Fsp3) is 0.208. The Hall–Kier alpha value is -3.72. The molecule has 0 aliphatic heterocycles. The zero-order valence-corrected chi connectivity index (χ0v) is 19.5. The third kappa shape index (κ3) is 6.17. The highest BCUT2D eigenvalue weighted by atomic mass is 32.2. The number of nitrogens with one attached hydrogen (secondary N) is 2. The van der Waals surface area contributed by atoms with Crippen molar-refractivity contribution in [1.82, 2.24) is 10.3 Å². The minimum atomic E-state index is -3.75. The van der Waals surface area contributed by atoms with Gasteiger partial charge >= 0.3 is 0 Å². The van der Waals surface area contributed by atoms with Gasteiger partial charge in [-0.25, -0.2) is 8.42 Å². The van der Waals surface area contributed by atoms with E-state index in [9.17, 15) is 18.0 Å². The Morgan fingerprint density at radius 3 is 2.36 bits per heavy atom. The van der Waals surface area contributed by atoms with Gasteiger partial charge in [-0.1, -0.05) is 35.9 Å². The molecule has 0 unspecified atom stereocenters. The van der Waals surface area contributed by atoms with Gasteiger partial charge in [-0.2, -0.15) is 0 Å². The van der Waals surface area contributed by atoms with Crippen molar-refractivity contribution in [3.05, 3.63) is 89.7 Å². The Balaban J connectivity index is 1.79. The molecule has 0 spiro atoms. The predicted molar refractivity (Wildman–Crippen MR) is 128 cm³/mol. The van der Waals surface area contributed by atoms with E-state index in [1.807, 2.05) is 13.0 Å². The molecule has 0 saturated carbocycles. The topological polar surface area (TPSA) is 108 Å². The van der Waals surface area contributed by atoms with E-state index in [0.29, 0.717) is 5.69 Å². The molecule has 0 radical (unpaired) electrons. The zero-order chi connectivity index (χ0) is 24.0. The number of amides is 2. The van der Waals surface area contributed by atoms with Crippen LogP contribution in [0.5, 0.6) is 0 Å². The first-order valence-corrected chi connectivity index (χ1v) is 12.1.